The molecule has 0 aliphatic carbocycles. The third-order valence-corrected chi connectivity index (χ3v) is 3.65. The summed E-state index contributed by atoms with van der Waals surface area (Å²) < 4.78 is 5.64. The zero-order chi connectivity index (χ0) is 16.1. The third-order valence-electron chi connectivity index (χ3n) is 3.12. The van der Waals surface area contributed by atoms with Gasteiger partial charge in [0.2, 0.25) is 5.91 Å². The molecular weight excluding hydrogens is 348 g/mol. The van der Waals surface area contributed by atoms with Gasteiger partial charge in [-0.05, 0) is 29.8 Å². The number of methoxy groups -OCH3 is 1. The number of carbonyl (C=O) groups is 2. The summed E-state index contributed by atoms with van der Waals surface area (Å²) in [5, 5.41) is 3.01. The number of benzene rings is 2. The van der Waals surface area contributed by atoms with Gasteiger partial charge < -0.3 is 15.8 Å². The van der Waals surface area contributed by atoms with Gasteiger partial charge in [-0.15, -0.1) is 0 Å². The number of ether oxygens (including phenoxy) is 1. The maximum absolute atomic E-state index is 11.8. The number of anilines is 1. The lowest BCUT2D eigenvalue weighted by Crippen LogP contribution is -2.28. The van der Waals surface area contributed by atoms with Crippen molar-refractivity contribution >= 4 is 33.5 Å². The van der Waals surface area contributed by atoms with Crippen molar-refractivity contribution in [2.75, 3.05) is 12.4 Å². The minimum atomic E-state index is -0.751. The number of hydrogen-bond acceptors (Lipinski definition) is 4. The Labute approximate surface area is 136 Å². The number of esters is 1. The number of amides is 1. The van der Waals surface area contributed by atoms with Gasteiger partial charge in [0.05, 0.1) is 12.7 Å². The summed E-state index contributed by atoms with van der Waals surface area (Å²) in [4.78, 5) is 23.6. The van der Waals surface area contributed by atoms with Crippen LogP contribution in [0.3, 0.4) is 0 Å². The SMILES string of the molecule is COC(=O)c1ccccc1NC(C(N)=O)c1ccc(Br)cc1. The number of hydrogen-bond donors (Lipinski definition) is 2. The predicted octanol–water partition coefficient (Wildman–Crippen LogP) is 2.87. The molecule has 3 N–H and O–H groups in total. The molecule has 2 rings (SSSR count). The van der Waals surface area contributed by atoms with E-state index in [4.69, 9.17) is 10.5 Å². The molecule has 0 aliphatic rings. The number of nitrogens with one attached hydrogen (secondary N) is 1. The largest absolute Gasteiger partial charge is 0.465 e. The first-order chi connectivity index (χ1) is 10.5. The summed E-state index contributed by atoms with van der Waals surface area (Å²) in [6.07, 6.45) is 0. The Morgan fingerprint density at radius 2 is 1.77 bits per heavy atom. The van der Waals surface area contributed by atoms with E-state index in [-0.39, 0.29) is 0 Å². The molecule has 0 aromatic heterocycles. The van der Waals surface area contributed by atoms with Crippen LogP contribution >= 0.6 is 15.9 Å². The summed E-state index contributed by atoms with van der Waals surface area (Å²) in [6, 6.07) is 13.2. The van der Waals surface area contributed by atoms with E-state index < -0.39 is 17.9 Å². The number of rotatable bonds is 5. The van der Waals surface area contributed by atoms with E-state index >= 15 is 0 Å². The molecule has 0 radical (unpaired) electrons. The molecule has 2 aromatic rings. The first-order valence-corrected chi connectivity index (χ1v) is 7.31. The standard InChI is InChI=1S/C16H15BrN2O3/c1-22-16(21)12-4-2-3-5-13(12)19-14(15(18)20)10-6-8-11(17)9-7-10/h2-9,14,19H,1H3,(H2,18,20). The lowest BCUT2D eigenvalue weighted by atomic mass is 10.0. The molecule has 0 bridgehead atoms. The number of primary amides is 1. The van der Waals surface area contributed by atoms with Crippen LogP contribution in [-0.2, 0) is 9.53 Å². The molecule has 0 saturated heterocycles. The van der Waals surface area contributed by atoms with Gasteiger partial charge in [-0.25, -0.2) is 4.79 Å². The molecule has 1 amide bonds. The van der Waals surface area contributed by atoms with E-state index in [0.29, 0.717) is 16.8 Å². The van der Waals surface area contributed by atoms with E-state index in [0.717, 1.165) is 4.47 Å². The average molecular weight is 363 g/mol. The minimum absolute atomic E-state index is 0.341. The second-order valence-corrected chi connectivity index (χ2v) is 5.48. The van der Waals surface area contributed by atoms with Crippen LogP contribution in [0.25, 0.3) is 0 Å². The molecule has 0 heterocycles. The summed E-state index contributed by atoms with van der Waals surface area (Å²) in [5.74, 6) is -1.02. The number of para-hydroxylation sites is 1. The summed E-state index contributed by atoms with van der Waals surface area (Å²) in [5.41, 5.74) is 7.02. The molecule has 1 atom stereocenters. The van der Waals surface area contributed by atoms with Crippen molar-refractivity contribution in [1.29, 1.82) is 0 Å². The fourth-order valence-corrected chi connectivity index (χ4v) is 2.29. The molecule has 0 spiro atoms. The van der Waals surface area contributed by atoms with Crippen LogP contribution < -0.4 is 11.1 Å². The fourth-order valence-electron chi connectivity index (χ4n) is 2.03. The molecule has 114 valence electrons. The molecule has 0 saturated carbocycles. The van der Waals surface area contributed by atoms with E-state index in [1.165, 1.54) is 7.11 Å². The number of carbonyl (C=O) groups excluding carboxylic acids is 2. The topological polar surface area (TPSA) is 81.4 Å². The van der Waals surface area contributed by atoms with Gasteiger partial charge in [0.15, 0.2) is 0 Å². The van der Waals surface area contributed by atoms with Crippen molar-refractivity contribution in [2.45, 2.75) is 6.04 Å². The van der Waals surface area contributed by atoms with Crippen LogP contribution in [0.2, 0.25) is 0 Å². The molecule has 1 unspecified atom stereocenters. The summed E-state index contributed by atoms with van der Waals surface area (Å²) in [7, 11) is 1.30. The zero-order valence-electron chi connectivity index (χ0n) is 11.9. The second kappa shape index (κ2) is 7.09. The van der Waals surface area contributed by atoms with Crippen molar-refractivity contribution in [3.05, 3.63) is 64.1 Å². The fraction of sp³-hybridized carbons (Fsp3) is 0.125. The van der Waals surface area contributed by atoms with Gasteiger partial charge in [-0.2, -0.15) is 0 Å². The van der Waals surface area contributed by atoms with E-state index in [9.17, 15) is 9.59 Å². The highest BCUT2D eigenvalue weighted by Gasteiger charge is 2.20. The van der Waals surface area contributed by atoms with E-state index in [2.05, 4.69) is 21.2 Å². The Morgan fingerprint density at radius 1 is 1.14 bits per heavy atom. The van der Waals surface area contributed by atoms with Crippen molar-refractivity contribution < 1.29 is 14.3 Å². The number of nitrogens with two attached hydrogens (primary N) is 1. The lowest BCUT2D eigenvalue weighted by molar-refractivity contribution is -0.118. The van der Waals surface area contributed by atoms with Crippen LogP contribution in [0, 0.1) is 0 Å². The molecule has 2 aromatic carbocycles. The molecular formula is C16H15BrN2O3. The maximum Gasteiger partial charge on any atom is 0.339 e. The normalized spacial score (nSPS) is 11.5. The monoisotopic (exact) mass is 362 g/mol. The molecule has 5 nitrogen and oxygen atoms in total. The first-order valence-electron chi connectivity index (χ1n) is 6.51. The molecule has 6 heteroatoms. The Bertz CT molecular complexity index is 686. The minimum Gasteiger partial charge on any atom is -0.465 e. The Balaban J connectivity index is 2.35. The van der Waals surface area contributed by atoms with Crippen LogP contribution in [0.1, 0.15) is 22.0 Å². The van der Waals surface area contributed by atoms with Crippen molar-refractivity contribution in [3.8, 4) is 0 Å². The Morgan fingerprint density at radius 3 is 2.36 bits per heavy atom. The predicted molar refractivity (Wildman–Crippen MR) is 87.5 cm³/mol. The third kappa shape index (κ3) is 3.65. The number of halogens is 1. The van der Waals surface area contributed by atoms with Gasteiger partial charge in [0.25, 0.3) is 0 Å². The molecule has 0 fully saturated rings. The summed E-state index contributed by atoms with van der Waals surface area (Å²) >= 11 is 3.34. The highest BCUT2D eigenvalue weighted by Crippen LogP contribution is 2.24. The van der Waals surface area contributed by atoms with Crippen LogP contribution in [0.15, 0.2) is 53.0 Å². The smallest absolute Gasteiger partial charge is 0.339 e. The van der Waals surface area contributed by atoms with Gasteiger partial charge in [0.1, 0.15) is 6.04 Å². The van der Waals surface area contributed by atoms with Crippen molar-refractivity contribution in [1.82, 2.24) is 0 Å². The highest BCUT2D eigenvalue weighted by atomic mass is 79.9. The van der Waals surface area contributed by atoms with Gasteiger partial charge in [-0.3, -0.25) is 4.79 Å². The highest BCUT2D eigenvalue weighted by molar-refractivity contribution is 9.10. The van der Waals surface area contributed by atoms with Gasteiger partial charge in [0, 0.05) is 10.2 Å². The quantitative estimate of drug-likeness (QED) is 0.801. The van der Waals surface area contributed by atoms with E-state index in [1.54, 1.807) is 36.4 Å². The van der Waals surface area contributed by atoms with Crippen molar-refractivity contribution in [2.24, 2.45) is 5.73 Å². The Kier molecular flexibility index (Phi) is 5.16. The van der Waals surface area contributed by atoms with Crippen LogP contribution in [0.4, 0.5) is 5.69 Å². The molecule has 0 aliphatic heterocycles. The van der Waals surface area contributed by atoms with Gasteiger partial charge >= 0.3 is 5.97 Å². The van der Waals surface area contributed by atoms with Crippen molar-refractivity contribution in [3.63, 3.8) is 0 Å². The van der Waals surface area contributed by atoms with Crippen LogP contribution in [0.5, 0.6) is 0 Å². The average Bonchev–Trinajstić information content (AvgIpc) is 2.53. The molecule has 22 heavy (non-hydrogen) atoms. The van der Waals surface area contributed by atoms with E-state index in [1.807, 2.05) is 12.1 Å². The zero-order valence-corrected chi connectivity index (χ0v) is 13.5. The van der Waals surface area contributed by atoms with Gasteiger partial charge in [-0.1, -0.05) is 40.2 Å². The Hall–Kier alpha value is -2.34. The van der Waals surface area contributed by atoms with Crippen LogP contribution in [-0.4, -0.2) is 19.0 Å². The summed E-state index contributed by atoms with van der Waals surface area (Å²) in [6.45, 7) is 0. The maximum atomic E-state index is 11.8. The lowest BCUT2D eigenvalue weighted by Gasteiger charge is -2.19. The second-order valence-electron chi connectivity index (χ2n) is 4.57. The first kappa shape index (κ1) is 16.0.